The lowest BCUT2D eigenvalue weighted by atomic mass is 9.36. The summed E-state index contributed by atoms with van der Waals surface area (Å²) >= 11 is 0. The van der Waals surface area contributed by atoms with Gasteiger partial charge in [-0.15, -0.1) is 0 Å². The molecule has 0 aliphatic heterocycles. The molecule has 0 aromatic carbocycles. The molecule has 0 bridgehead atoms. The summed E-state index contributed by atoms with van der Waals surface area (Å²) in [5.41, 5.74) is 3.26. The maximum absolute atomic E-state index is 12.8. The first kappa shape index (κ1) is 22.2. The molecule has 0 radical (unpaired) electrons. The first-order valence-corrected chi connectivity index (χ1v) is 13.6. The molecule has 0 amide bonds. The third-order valence-corrected chi connectivity index (χ3v) is 13.0. The van der Waals surface area contributed by atoms with Crippen LogP contribution in [-0.2, 0) is 4.79 Å². The number of hydrogen-bond donors (Lipinski definition) is 0. The molecule has 4 saturated carbocycles. The van der Waals surface area contributed by atoms with E-state index in [4.69, 9.17) is 0 Å². The Kier molecular flexibility index (Phi) is 4.66. The van der Waals surface area contributed by atoms with Gasteiger partial charge in [-0.3, -0.25) is 4.79 Å². The highest BCUT2D eigenvalue weighted by atomic mass is 16.1. The monoisotopic (exact) mass is 424 g/mol. The van der Waals surface area contributed by atoms with Crippen molar-refractivity contribution < 1.29 is 4.79 Å². The number of carbonyl (C=O) groups is 1. The lowest BCUT2D eigenvalue weighted by molar-refractivity contribution is -0.161. The van der Waals surface area contributed by atoms with Crippen LogP contribution < -0.4 is 0 Å². The molecule has 0 spiro atoms. The Balaban J connectivity index is 1.56. The summed E-state index contributed by atoms with van der Waals surface area (Å²) in [5.74, 6) is 4.37. The van der Waals surface area contributed by atoms with Crippen molar-refractivity contribution in [3.63, 3.8) is 0 Å². The second-order valence-corrected chi connectivity index (χ2v) is 14.4. The smallest absolute Gasteiger partial charge is 0.138 e. The SMILES string of the molecule is CC(C)[C@@H]1CC[C@H]2[C@@]1(C)CC[C@@]1(C)[C@@H]3CC[C@H]4C(C)(C)C(=O)CC[C@]4(C)C3=CC[C@]21C. The van der Waals surface area contributed by atoms with Crippen molar-refractivity contribution in [2.75, 3.05) is 0 Å². The minimum atomic E-state index is -0.151. The van der Waals surface area contributed by atoms with Gasteiger partial charge in [0.1, 0.15) is 5.78 Å². The van der Waals surface area contributed by atoms with Crippen molar-refractivity contribution in [1.29, 1.82) is 0 Å². The number of allylic oxidation sites excluding steroid dienone is 2. The van der Waals surface area contributed by atoms with E-state index in [0.717, 1.165) is 36.5 Å². The van der Waals surface area contributed by atoms with Gasteiger partial charge in [-0.1, -0.05) is 67.0 Å². The third-order valence-electron chi connectivity index (χ3n) is 13.0. The van der Waals surface area contributed by atoms with Gasteiger partial charge in [0.25, 0.3) is 0 Å². The van der Waals surface area contributed by atoms with Gasteiger partial charge in [0, 0.05) is 11.8 Å². The number of hydrogen-bond acceptors (Lipinski definition) is 1. The van der Waals surface area contributed by atoms with Crippen LogP contribution in [0.2, 0.25) is 0 Å². The molecular formula is C30H48O. The van der Waals surface area contributed by atoms with E-state index in [-0.39, 0.29) is 10.8 Å². The summed E-state index contributed by atoms with van der Waals surface area (Å²) in [6.45, 7) is 20.1. The molecule has 0 aromatic heterocycles. The van der Waals surface area contributed by atoms with Crippen LogP contribution in [-0.4, -0.2) is 5.78 Å². The Bertz CT molecular complexity index is 818. The van der Waals surface area contributed by atoms with Crippen LogP contribution in [0.15, 0.2) is 11.6 Å². The van der Waals surface area contributed by atoms with Crippen molar-refractivity contribution in [2.45, 2.75) is 113 Å². The highest BCUT2D eigenvalue weighted by molar-refractivity contribution is 5.85. The molecule has 0 aromatic rings. The summed E-state index contributed by atoms with van der Waals surface area (Å²) in [4.78, 5) is 12.8. The molecule has 1 nitrogen and oxygen atoms in total. The van der Waals surface area contributed by atoms with Crippen molar-refractivity contribution in [2.24, 2.45) is 56.7 Å². The Morgan fingerprint density at radius 3 is 2.19 bits per heavy atom. The number of ketones is 1. The summed E-state index contributed by atoms with van der Waals surface area (Å²) in [6.07, 6.45) is 14.2. The van der Waals surface area contributed by atoms with Crippen molar-refractivity contribution >= 4 is 5.78 Å². The van der Waals surface area contributed by atoms with Gasteiger partial charge in [0.2, 0.25) is 0 Å². The second-order valence-electron chi connectivity index (χ2n) is 14.4. The fraction of sp³-hybridized carbons (Fsp3) is 0.900. The number of fused-ring (bicyclic) bond motifs is 7. The first-order chi connectivity index (χ1) is 14.3. The van der Waals surface area contributed by atoms with E-state index in [9.17, 15) is 4.79 Å². The van der Waals surface area contributed by atoms with E-state index >= 15 is 0 Å². The molecule has 31 heavy (non-hydrogen) atoms. The first-order valence-electron chi connectivity index (χ1n) is 13.6. The normalized spacial score (nSPS) is 53.3. The second kappa shape index (κ2) is 6.50. The predicted molar refractivity (Wildman–Crippen MR) is 130 cm³/mol. The molecule has 0 unspecified atom stereocenters. The molecule has 5 aliphatic rings. The van der Waals surface area contributed by atoms with Gasteiger partial charge < -0.3 is 0 Å². The van der Waals surface area contributed by atoms with Gasteiger partial charge in [-0.2, -0.15) is 0 Å². The Labute approximate surface area is 192 Å². The largest absolute Gasteiger partial charge is 0.299 e. The van der Waals surface area contributed by atoms with Crippen LogP contribution in [0.5, 0.6) is 0 Å². The number of rotatable bonds is 1. The molecule has 0 heterocycles. The van der Waals surface area contributed by atoms with Crippen molar-refractivity contribution in [3.8, 4) is 0 Å². The summed E-state index contributed by atoms with van der Waals surface area (Å²) in [6, 6.07) is 0. The Morgan fingerprint density at radius 1 is 0.839 bits per heavy atom. The maximum atomic E-state index is 12.8. The predicted octanol–water partition coefficient (Wildman–Crippen LogP) is 8.23. The van der Waals surface area contributed by atoms with E-state index in [1.54, 1.807) is 5.57 Å². The molecular weight excluding hydrogens is 376 g/mol. The van der Waals surface area contributed by atoms with Gasteiger partial charge in [0.15, 0.2) is 0 Å². The van der Waals surface area contributed by atoms with Crippen LogP contribution in [0.25, 0.3) is 0 Å². The number of carbonyl (C=O) groups excluding carboxylic acids is 1. The zero-order valence-corrected chi connectivity index (χ0v) is 21.7. The summed E-state index contributed by atoms with van der Waals surface area (Å²) < 4.78 is 0. The highest BCUT2D eigenvalue weighted by Gasteiger charge is 2.68. The molecule has 174 valence electrons. The minimum absolute atomic E-state index is 0.151. The summed E-state index contributed by atoms with van der Waals surface area (Å²) in [5, 5.41) is 0. The van der Waals surface area contributed by atoms with E-state index in [2.05, 4.69) is 61.5 Å². The third kappa shape index (κ3) is 2.53. The average molecular weight is 425 g/mol. The highest BCUT2D eigenvalue weighted by Crippen LogP contribution is 2.76. The van der Waals surface area contributed by atoms with Crippen LogP contribution in [0.3, 0.4) is 0 Å². The van der Waals surface area contributed by atoms with Gasteiger partial charge in [0.05, 0.1) is 0 Å². The standard InChI is InChI=1S/C30H48O/c1-19(2)20-9-12-24-28(20,6)17-18-29(7)22-10-11-23-26(3,4)25(31)14-15-27(23,5)21(22)13-16-30(24,29)8/h13,19-20,22-24H,9-12,14-18H2,1-8H3/t20-,22+,23-,24-,27+,28-,29-,30+/m0/s1. The van der Waals surface area contributed by atoms with Crippen molar-refractivity contribution in [1.82, 2.24) is 0 Å². The Hall–Kier alpha value is -0.590. The summed E-state index contributed by atoms with van der Waals surface area (Å²) in [7, 11) is 0. The van der Waals surface area contributed by atoms with Gasteiger partial charge in [-0.05, 0) is 103 Å². The molecule has 4 fully saturated rings. The van der Waals surface area contributed by atoms with E-state index in [1.807, 2.05) is 0 Å². The minimum Gasteiger partial charge on any atom is -0.299 e. The van der Waals surface area contributed by atoms with Gasteiger partial charge in [-0.25, -0.2) is 0 Å². The molecule has 0 N–H and O–H groups in total. The van der Waals surface area contributed by atoms with Gasteiger partial charge >= 0.3 is 0 Å². The fourth-order valence-electron chi connectivity index (χ4n) is 11.1. The lowest BCUT2D eigenvalue weighted by Gasteiger charge is -2.68. The van der Waals surface area contributed by atoms with Crippen LogP contribution in [0, 0.1) is 56.7 Å². The van der Waals surface area contributed by atoms with E-state index < -0.39 is 0 Å². The quantitative estimate of drug-likeness (QED) is 0.387. The zero-order chi connectivity index (χ0) is 22.6. The molecule has 5 rings (SSSR count). The Morgan fingerprint density at radius 2 is 1.52 bits per heavy atom. The van der Waals surface area contributed by atoms with Crippen molar-refractivity contribution in [3.05, 3.63) is 11.6 Å². The van der Waals surface area contributed by atoms with E-state index in [1.165, 1.54) is 44.9 Å². The average Bonchev–Trinajstić information content (AvgIpc) is 3.05. The van der Waals surface area contributed by atoms with Crippen LogP contribution >= 0.6 is 0 Å². The van der Waals surface area contributed by atoms with Crippen LogP contribution in [0.4, 0.5) is 0 Å². The molecule has 5 aliphatic carbocycles. The fourth-order valence-corrected chi connectivity index (χ4v) is 11.1. The lowest BCUT2D eigenvalue weighted by Crippen LogP contribution is -2.61. The number of Topliss-reactive ketones (excluding diaryl/α,β-unsaturated/α-hetero) is 1. The maximum Gasteiger partial charge on any atom is 0.138 e. The van der Waals surface area contributed by atoms with Crippen LogP contribution in [0.1, 0.15) is 113 Å². The van der Waals surface area contributed by atoms with E-state index in [0.29, 0.717) is 27.9 Å². The topological polar surface area (TPSA) is 17.1 Å². The molecule has 1 heteroatoms. The molecule has 8 atom stereocenters. The molecule has 0 saturated heterocycles. The zero-order valence-electron chi connectivity index (χ0n) is 21.7.